The number of pyridine rings is 1. The highest BCUT2D eigenvalue weighted by Gasteiger charge is 2.11. The lowest BCUT2D eigenvalue weighted by atomic mass is 10.2. The van der Waals surface area contributed by atoms with E-state index in [1.165, 1.54) is 9.47 Å². The molecule has 5 nitrogen and oxygen atoms in total. The number of aromatic nitrogens is 1. The lowest BCUT2D eigenvalue weighted by molar-refractivity contribution is -0.130. The van der Waals surface area contributed by atoms with E-state index in [1.54, 1.807) is 19.3 Å². The molecule has 0 unspecified atom stereocenters. The second-order valence-corrected chi connectivity index (χ2v) is 5.39. The molecule has 0 bridgehead atoms. The van der Waals surface area contributed by atoms with Gasteiger partial charge in [-0.15, -0.1) is 0 Å². The lowest BCUT2D eigenvalue weighted by Crippen LogP contribution is -2.35. The van der Waals surface area contributed by atoms with Crippen LogP contribution in [0, 0.1) is 0 Å². The summed E-state index contributed by atoms with van der Waals surface area (Å²) in [6.07, 6.45) is 2.12. The Morgan fingerprint density at radius 3 is 2.76 bits per heavy atom. The third-order valence-electron chi connectivity index (χ3n) is 3.31. The molecule has 1 aromatic carbocycles. The van der Waals surface area contributed by atoms with E-state index in [2.05, 4.69) is 0 Å². The molecule has 0 spiro atoms. The van der Waals surface area contributed by atoms with Crippen LogP contribution in [-0.4, -0.2) is 34.0 Å². The van der Waals surface area contributed by atoms with Gasteiger partial charge in [-0.25, -0.2) is 0 Å². The van der Waals surface area contributed by atoms with E-state index in [4.69, 9.17) is 18.0 Å². The Labute approximate surface area is 128 Å². The second-order valence-electron chi connectivity index (χ2n) is 4.87. The van der Waals surface area contributed by atoms with E-state index in [0.717, 1.165) is 5.39 Å². The van der Waals surface area contributed by atoms with E-state index in [1.807, 2.05) is 24.3 Å². The number of hydrogen-bond donors (Lipinski definition) is 1. The first-order chi connectivity index (χ1) is 9.99. The van der Waals surface area contributed by atoms with Crippen LogP contribution in [0.4, 0.5) is 0 Å². The standard InChI is InChI=1S/C15H17N3O2S/c1-17(8-7-13(16)21)14(19)10-18-9-6-11-4-2-3-5-12(11)15(18)20/h2-6,9H,7-8,10H2,1H3,(H2,16,21). The number of likely N-dealkylation sites (N-methyl/N-ethyl adjacent to an activating group) is 1. The molecule has 2 N–H and O–H groups in total. The molecule has 2 aromatic rings. The van der Waals surface area contributed by atoms with E-state index in [9.17, 15) is 9.59 Å². The molecule has 0 radical (unpaired) electrons. The van der Waals surface area contributed by atoms with Crippen molar-refractivity contribution in [3.63, 3.8) is 0 Å². The van der Waals surface area contributed by atoms with Crippen molar-refractivity contribution in [2.24, 2.45) is 5.73 Å². The van der Waals surface area contributed by atoms with Gasteiger partial charge in [0.2, 0.25) is 5.91 Å². The zero-order chi connectivity index (χ0) is 15.4. The SMILES string of the molecule is CN(CCC(N)=S)C(=O)Cn1ccc2ccccc2c1=O. The highest BCUT2D eigenvalue weighted by Crippen LogP contribution is 2.08. The van der Waals surface area contributed by atoms with Crippen molar-refractivity contribution in [2.45, 2.75) is 13.0 Å². The summed E-state index contributed by atoms with van der Waals surface area (Å²) in [6.45, 7) is 0.466. The molecule has 0 saturated carbocycles. The van der Waals surface area contributed by atoms with Crippen LogP contribution in [0.3, 0.4) is 0 Å². The Bertz CT molecular complexity index is 739. The molecule has 2 rings (SSSR count). The Balaban J connectivity index is 2.16. The number of benzene rings is 1. The molecule has 0 aliphatic heterocycles. The lowest BCUT2D eigenvalue weighted by Gasteiger charge is -2.17. The molecule has 1 aromatic heterocycles. The monoisotopic (exact) mass is 303 g/mol. The summed E-state index contributed by atoms with van der Waals surface area (Å²) in [5, 5.41) is 1.48. The average Bonchev–Trinajstić information content (AvgIpc) is 2.47. The van der Waals surface area contributed by atoms with Crippen molar-refractivity contribution in [3.05, 3.63) is 46.9 Å². The topological polar surface area (TPSA) is 68.3 Å². The second kappa shape index (κ2) is 6.49. The maximum atomic E-state index is 12.3. The van der Waals surface area contributed by atoms with Crippen LogP contribution in [0.5, 0.6) is 0 Å². The summed E-state index contributed by atoms with van der Waals surface area (Å²) >= 11 is 4.79. The predicted molar refractivity (Wildman–Crippen MR) is 87.2 cm³/mol. The van der Waals surface area contributed by atoms with Gasteiger partial charge >= 0.3 is 0 Å². The normalized spacial score (nSPS) is 10.5. The van der Waals surface area contributed by atoms with E-state index >= 15 is 0 Å². The molecule has 0 saturated heterocycles. The van der Waals surface area contributed by atoms with Crippen LogP contribution >= 0.6 is 12.2 Å². The van der Waals surface area contributed by atoms with Crippen molar-refractivity contribution < 1.29 is 4.79 Å². The number of thiocarbonyl (C=S) groups is 1. The minimum Gasteiger partial charge on any atom is -0.393 e. The average molecular weight is 303 g/mol. The molecule has 21 heavy (non-hydrogen) atoms. The molecule has 0 aliphatic carbocycles. The van der Waals surface area contributed by atoms with Gasteiger partial charge in [0, 0.05) is 31.6 Å². The number of amides is 1. The van der Waals surface area contributed by atoms with Gasteiger partial charge in [0.1, 0.15) is 6.54 Å². The number of rotatable bonds is 5. The minimum absolute atomic E-state index is 0.0114. The third kappa shape index (κ3) is 3.66. The number of carbonyl (C=O) groups is 1. The fraction of sp³-hybridized carbons (Fsp3) is 0.267. The molecule has 0 aliphatic rings. The summed E-state index contributed by atoms with van der Waals surface area (Å²) in [6, 6.07) is 9.15. The Morgan fingerprint density at radius 2 is 2.05 bits per heavy atom. The smallest absolute Gasteiger partial charge is 0.258 e. The molecule has 110 valence electrons. The van der Waals surface area contributed by atoms with E-state index in [0.29, 0.717) is 23.3 Å². The number of carbonyl (C=O) groups excluding carboxylic acids is 1. The quantitative estimate of drug-likeness (QED) is 0.841. The molecular weight excluding hydrogens is 286 g/mol. The van der Waals surface area contributed by atoms with Gasteiger partial charge in [-0.2, -0.15) is 0 Å². The molecule has 6 heteroatoms. The van der Waals surface area contributed by atoms with Crippen molar-refractivity contribution in [1.29, 1.82) is 0 Å². The van der Waals surface area contributed by atoms with Crippen LogP contribution < -0.4 is 11.3 Å². The van der Waals surface area contributed by atoms with Crippen LogP contribution in [0.25, 0.3) is 10.8 Å². The van der Waals surface area contributed by atoms with Crippen LogP contribution in [0.2, 0.25) is 0 Å². The number of nitrogens with two attached hydrogens (primary N) is 1. The maximum Gasteiger partial charge on any atom is 0.258 e. The Morgan fingerprint density at radius 1 is 1.33 bits per heavy atom. The summed E-state index contributed by atoms with van der Waals surface area (Å²) in [4.78, 5) is 26.3. The number of hydrogen-bond acceptors (Lipinski definition) is 3. The largest absolute Gasteiger partial charge is 0.393 e. The van der Waals surface area contributed by atoms with E-state index in [-0.39, 0.29) is 18.0 Å². The maximum absolute atomic E-state index is 12.3. The van der Waals surface area contributed by atoms with Gasteiger partial charge in [-0.05, 0) is 17.5 Å². The Hall–Kier alpha value is -2.21. The fourth-order valence-electron chi connectivity index (χ4n) is 2.02. The minimum atomic E-state index is -0.163. The van der Waals surface area contributed by atoms with Gasteiger partial charge in [0.15, 0.2) is 0 Å². The van der Waals surface area contributed by atoms with Crippen molar-refractivity contribution in [2.75, 3.05) is 13.6 Å². The van der Waals surface area contributed by atoms with Gasteiger partial charge in [-0.3, -0.25) is 9.59 Å². The molecule has 1 heterocycles. The summed E-state index contributed by atoms with van der Waals surface area (Å²) in [5.74, 6) is -0.149. The summed E-state index contributed by atoms with van der Waals surface area (Å²) < 4.78 is 1.42. The first kappa shape index (κ1) is 15.2. The fourth-order valence-corrected chi connectivity index (χ4v) is 2.11. The Kier molecular flexibility index (Phi) is 4.70. The molecule has 0 atom stereocenters. The van der Waals surface area contributed by atoms with Crippen molar-refractivity contribution >= 4 is 33.9 Å². The molecule has 1 amide bonds. The predicted octanol–water partition coefficient (Wildman–Crippen LogP) is 1.14. The zero-order valence-electron chi connectivity index (χ0n) is 11.8. The van der Waals surface area contributed by atoms with Gasteiger partial charge < -0.3 is 15.2 Å². The third-order valence-corrected chi connectivity index (χ3v) is 3.52. The molecular formula is C15H17N3O2S. The highest BCUT2D eigenvalue weighted by molar-refractivity contribution is 7.80. The van der Waals surface area contributed by atoms with Crippen molar-refractivity contribution in [3.8, 4) is 0 Å². The van der Waals surface area contributed by atoms with Crippen LogP contribution in [-0.2, 0) is 11.3 Å². The van der Waals surface area contributed by atoms with Gasteiger partial charge in [0.25, 0.3) is 5.56 Å². The summed E-state index contributed by atoms with van der Waals surface area (Å²) in [7, 11) is 1.67. The molecule has 0 fully saturated rings. The summed E-state index contributed by atoms with van der Waals surface area (Å²) in [5.41, 5.74) is 5.26. The number of nitrogens with zero attached hydrogens (tertiary/aromatic N) is 2. The number of fused-ring (bicyclic) bond motifs is 1. The first-order valence-corrected chi connectivity index (χ1v) is 7.00. The van der Waals surface area contributed by atoms with Crippen LogP contribution in [0.15, 0.2) is 41.3 Å². The van der Waals surface area contributed by atoms with Gasteiger partial charge in [0.05, 0.1) is 4.99 Å². The highest BCUT2D eigenvalue weighted by atomic mass is 32.1. The van der Waals surface area contributed by atoms with Gasteiger partial charge in [-0.1, -0.05) is 30.4 Å². The van der Waals surface area contributed by atoms with Crippen LogP contribution in [0.1, 0.15) is 6.42 Å². The first-order valence-electron chi connectivity index (χ1n) is 6.59. The zero-order valence-corrected chi connectivity index (χ0v) is 12.6. The van der Waals surface area contributed by atoms with Crippen molar-refractivity contribution in [1.82, 2.24) is 9.47 Å². The van der Waals surface area contributed by atoms with E-state index < -0.39 is 0 Å².